The van der Waals surface area contributed by atoms with Crippen LogP contribution in [0, 0.1) is 0 Å². The van der Waals surface area contributed by atoms with Gasteiger partial charge in [-0.25, -0.2) is 4.21 Å². The molecule has 80 valence electrons. The Kier molecular flexibility index (Phi) is 7.33. The molecule has 7 heteroatoms. The van der Waals surface area contributed by atoms with Crippen molar-refractivity contribution in [1.82, 2.24) is 4.90 Å². The maximum absolute atomic E-state index is 9.98. The number of nitrogens with zero attached hydrogens (tertiary/aromatic N) is 1. The Labute approximate surface area is 79.6 Å². The molecule has 2 N–H and O–H groups in total. The summed E-state index contributed by atoms with van der Waals surface area (Å²) in [7, 11) is 0. The highest BCUT2D eigenvalue weighted by Gasteiger charge is 2.08. The van der Waals surface area contributed by atoms with Crippen LogP contribution < -0.4 is 0 Å². The van der Waals surface area contributed by atoms with Crippen LogP contribution in [-0.2, 0) is 20.3 Å². The van der Waals surface area contributed by atoms with Crippen LogP contribution in [0.3, 0.4) is 0 Å². The van der Waals surface area contributed by atoms with E-state index in [9.17, 15) is 8.76 Å². The molecule has 0 amide bonds. The van der Waals surface area contributed by atoms with Crippen LogP contribution in [0.5, 0.6) is 0 Å². The molecule has 0 radical (unpaired) electrons. The lowest BCUT2D eigenvalue weighted by Crippen LogP contribution is -2.38. The Morgan fingerprint density at radius 3 is 2.62 bits per heavy atom. The molecule has 0 saturated carbocycles. The zero-order valence-electron chi connectivity index (χ0n) is 7.23. The van der Waals surface area contributed by atoms with Crippen molar-refractivity contribution < 1.29 is 23.2 Å². The molecular weight excluding hydrogens is 198 g/mol. The van der Waals surface area contributed by atoms with Crippen LogP contribution in [0.25, 0.3) is 0 Å². The highest BCUT2D eigenvalue weighted by molar-refractivity contribution is 7.74. The van der Waals surface area contributed by atoms with Gasteiger partial charge in [0.25, 0.3) is 0 Å². The molecule has 0 aromatic rings. The lowest BCUT2D eigenvalue weighted by molar-refractivity contribution is 0.0325. The first-order chi connectivity index (χ1) is 5.79. The standard InChI is InChI=1S/C6H13NO4S.H2O/c8-12(9)11-6-3-7-1-4-10-5-2-7;/h1-6H2,(H,8,9);1H2/p-1. The summed E-state index contributed by atoms with van der Waals surface area (Å²) in [5, 5.41) is 0. The van der Waals surface area contributed by atoms with Gasteiger partial charge in [-0.3, -0.25) is 9.08 Å². The summed E-state index contributed by atoms with van der Waals surface area (Å²) in [5.41, 5.74) is 0. The van der Waals surface area contributed by atoms with E-state index in [1.807, 2.05) is 0 Å². The molecule has 13 heavy (non-hydrogen) atoms. The maximum atomic E-state index is 9.98. The predicted molar refractivity (Wildman–Crippen MR) is 45.7 cm³/mol. The molecule has 1 atom stereocenters. The predicted octanol–water partition coefficient (Wildman–Crippen LogP) is -1.70. The van der Waals surface area contributed by atoms with Crippen LogP contribution in [0.15, 0.2) is 0 Å². The molecule has 1 aliphatic rings. The van der Waals surface area contributed by atoms with Gasteiger partial charge in [0.1, 0.15) is 0 Å². The van der Waals surface area contributed by atoms with Crippen LogP contribution in [0.4, 0.5) is 0 Å². The summed E-state index contributed by atoms with van der Waals surface area (Å²) in [4.78, 5) is 2.11. The molecule has 0 spiro atoms. The molecule has 0 bridgehead atoms. The van der Waals surface area contributed by atoms with Gasteiger partial charge >= 0.3 is 0 Å². The van der Waals surface area contributed by atoms with Gasteiger partial charge in [0.05, 0.1) is 31.2 Å². The van der Waals surface area contributed by atoms with E-state index in [0.717, 1.165) is 26.3 Å². The molecule has 1 saturated heterocycles. The van der Waals surface area contributed by atoms with Crippen molar-refractivity contribution in [1.29, 1.82) is 0 Å². The van der Waals surface area contributed by atoms with Crippen molar-refractivity contribution in [3.05, 3.63) is 0 Å². The Hall–Kier alpha value is -0.0500. The molecule has 0 aliphatic carbocycles. The number of ether oxygens (including phenoxy) is 1. The van der Waals surface area contributed by atoms with E-state index in [2.05, 4.69) is 9.08 Å². The van der Waals surface area contributed by atoms with Gasteiger partial charge in [-0.1, -0.05) is 0 Å². The number of hydrogen-bond donors (Lipinski definition) is 0. The topological polar surface area (TPSA) is 93.3 Å². The van der Waals surface area contributed by atoms with Gasteiger partial charge in [-0.05, 0) is 0 Å². The third kappa shape index (κ3) is 6.08. The molecule has 1 heterocycles. The lowest BCUT2D eigenvalue weighted by atomic mass is 10.4. The number of hydrogen-bond acceptors (Lipinski definition) is 5. The van der Waals surface area contributed by atoms with Gasteiger partial charge in [-0.2, -0.15) is 0 Å². The summed E-state index contributed by atoms with van der Waals surface area (Å²) in [6.45, 7) is 4.04. The fraction of sp³-hybridized carbons (Fsp3) is 1.00. The zero-order chi connectivity index (χ0) is 8.81. The van der Waals surface area contributed by atoms with Gasteiger partial charge < -0.3 is 14.8 Å². The molecule has 0 aromatic carbocycles. The van der Waals surface area contributed by atoms with Crippen molar-refractivity contribution in [3.8, 4) is 0 Å². The lowest BCUT2D eigenvalue weighted by Gasteiger charge is -2.26. The molecule has 1 fully saturated rings. The summed E-state index contributed by atoms with van der Waals surface area (Å²) < 4.78 is 29.5. The first kappa shape index (κ1) is 12.9. The molecule has 1 aliphatic heterocycles. The third-order valence-electron chi connectivity index (χ3n) is 1.69. The molecule has 1 unspecified atom stereocenters. The van der Waals surface area contributed by atoms with E-state index >= 15 is 0 Å². The first-order valence-electron chi connectivity index (χ1n) is 3.81. The maximum Gasteiger partial charge on any atom is 0.0842 e. The second kappa shape index (κ2) is 7.36. The van der Waals surface area contributed by atoms with Gasteiger partial charge in [0.15, 0.2) is 0 Å². The molecule has 1 rings (SSSR count). The van der Waals surface area contributed by atoms with Crippen molar-refractivity contribution in [2.75, 3.05) is 39.5 Å². The monoisotopic (exact) mass is 212 g/mol. The Morgan fingerprint density at radius 1 is 1.46 bits per heavy atom. The minimum absolute atomic E-state index is 0. The minimum Gasteiger partial charge on any atom is -0.750 e. The third-order valence-corrected chi connectivity index (χ3v) is 2.05. The van der Waals surface area contributed by atoms with Gasteiger partial charge in [0, 0.05) is 19.6 Å². The number of morpholine rings is 1. The number of rotatable bonds is 4. The van der Waals surface area contributed by atoms with Crippen LogP contribution >= 0.6 is 0 Å². The van der Waals surface area contributed by atoms with Crippen LogP contribution in [0.1, 0.15) is 0 Å². The summed E-state index contributed by atoms with van der Waals surface area (Å²) in [5.74, 6) is 0. The van der Waals surface area contributed by atoms with E-state index in [1.165, 1.54) is 0 Å². The van der Waals surface area contributed by atoms with E-state index in [0.29, 0.717) is 6.54 Å². The van der Waals surface area contributed by atoms with E-state index in [4.69, 9.17) is 4.74 Å². The molecule has 0 aromatic heterocycles. The van der Waals surface area contributed by atoms with Gasteiger partial charge in [0.2, 0.25) is 0 Å². The quantitative estimate of drug-likeness (QED) is 0.518. The fourth-order valence-corrected chi connectivity index (χ4v) is 1.27. The highest BCUT2D eigenvalue weighted by atomic mass is 32.2. The summed E-state index contributed by atoms with van der Waals surface area (Å²) >= 11 is -2.38. The minimum atomic E-state index is -2.38. The second-order valence-corrected chi connectivity index (χ2v) is 3.12. The van der Waals surface area contributed by atoms with Crippen molar-refractivity contribution in [2.24, 2.45) is 0 Å². The smallest absolute Gasteiger partial charge is 0.0842 e. The average molecular weight is 212 g/mol. The van der Waals surface area contributed by atoms with Crippen molar-refractivity contribution >= 4 is 11.4 Å². The van der Waals surface area contributed by atoms with Gasteiger partial charge in [-0.15, -0.1) is 0 Å². The highest BCUT2D eigenvalue weighted by Crippen LogP contribution is 1.95. The first-order valence-corrected chi connectivity index (χ1v) is 4.81. The van der Waals surface area contributed by atoms with Crippen molar-refractivity contribution in [2.45, 2.75) is 0 Å². The van der Waals surface area contributed by atoms with E-state index in [-0.39, 0.29) is 12.1 Å². The SMILES string of the molecule is O.O=S([O-])OCCN1CCOCC1. The van der Waals surface area contributed by atoms with Crippen LogP contribution in [-0.4, -0.2) is 58.6 Å². The Bertz CT molecular complexity index is 150. The summed E-state index contributed by atoms with van der Waals surface area (Å²) in [6, 6.07) is 0. The summed E-state index contributed by atoms with van der Waals surface area (Å²) in [6.07, 6.45) is 0. The average Bonchev–Trinajstić information content (AvgIpc) is 2.05. The van der Waals surface area contributed by atoms with Crippen LogP contribution in [0.2, 0.25) is 0 Å². The largest absolute Gasteiger partial charge is 0.750 e. The molecular formula is C6H14NO5S-. The Morgan fingerprint density at radius 2 is 2.08 bits per heavy atom. The normalized spacial score (nSPS) is 20.7. The fourth-order valence-electron chi connectivity index (χ4n) is 1.06. The van der Waals surface area contributed by atoms with E-state index in [1.54, 1.807) is 0 Å². The molecule has 6 nitrogen and oxygen atoms in total. The zero-order valence-corrected chi connectivity index (χ0v) is 8.05. The Balaban J connectivity index is 0.00000144. The van der Waals surface area contributed by atoms with Crippen molar-refractivity contribution in [3.63, 3.8) is 0 Å². The second-order valence-electron chi connectivity index (χ2n) is 2.48. The van der Waals surface area contributed by atoms with E-state index < -0.39 is 11.4 Å².